The number of ether oxygens (including phenoxy) is 2. The molecule has 0 aromatic heterocycles. The molecule has 3 N–H and O–H groups in total. The average molecular weight is 289 g/mol. The summed E-state index contributed by atoms with van der Waals surface area (Å²) in [5, 5.41) is 2.80. The van der Waals surface area contributed by atoms with E-state index in [1.54, 1.807) is 21.1 Å². The van der Waals surface area contributed by atoms with Gasteiger partial charge in [-0.25, -0.2) is 0 Å². The Balaban J connectivity index is 0.00000324. The number of carbonyl (C=O) groups excluding carboxylic acids is 1. The minimum atomic E-state index is -0.141. The second kappa shape index (κ2) is 8.61. The first kappa shape index (κ1) is 17.5. The van der Waals surface area contributed by atoms with Gasteiger partial charge < -0.3 is 20.5 Å². The first-order chi connectivity index (χ1) is 8.56. The number of halogens is 1. The molecule has 1 rings (SSSR count). The van der Waals surface area contributed by atoms with E-state index in [9.17, 15) is 4.79 Å². The summed E-state index contributed by atoms with van der Waals surface area (Å²) in [4.78, 5) is 11.5. The SMILES string of the molecule is COc1ccc(OC)c(CNC(=O)CC(C)N)c1.Cl. The average Bonchev–Trinajstić information content (AvgIpc) is 2.35. The van der Waals surface area contributed by atoms with Gasteiger partial charge in [-0.15, -0.1) is 12.4 Å². The van der Waals surface area contributed by atoms with Crippen molar-refractivity contribution in [2.24, 2.45) is 5.73 Å². The standard InChI is InChI=1S/C13H20N2O3.ClH/c1-9(14)6-13(16)15-8-10-7-11(17-2)4-5-12(10)18-3;/h4-5,7,9H,6,8,14H2,1-3H3,(H,15,16);1H. The van der Waals surface area contributed by atoms with Gasteiger partial charge in [-0.05, 0) is 25.1 Å². The Bertz CT molecular complexity index is 411. The second-order valence-corrected chi connectivity index (χ2v) is 4.14. The smallest absolute Gasteiger partial charge is 0.221 e. The lowest BCUT2D eigenvalue weighted by atomic mass is 10.1. The lowest BCUT2D eigenvalue weighted by Crippen LogP contribution is -2.29. The summed E-state index contributed by atoms with van der Waals surface area (Å²) in [6, 6.07) is 5.32. The van der Waals surface area contributed by atoms with E-state index >= 15 is 0 Å². The van der Waals surface area contributed by atoms with Crippen LogP contribution in [0.4, 0.5) is 0 Å². The van der Waals surface area contributed by atoms with E-state index in [0.717, 1.165) is 17.1 Å². The number of rotatable bonds is 6. The quantitative estimate of drug-likeness (QED) is 0.831. The highest BCUT2D eigenvalue weighted by Gasteiger charge is 2.08. The minimum absolute atomic E-state index is 0. The summed E-state index contributed by atoms with van der Waals surface area (Å²) >= 11 is 0. The van der Waals surface area contributed by atoms with Crippen molar-refractivity contribution in [3.05, 3.63) is 23.8 Å². The summed E-state index contributed by atoms with van der Waals surface area (Å²) < 4.78 is 10.4. The molecule has 5 nitrogen and oxygen atoms in total. The number of amides is 1. The van der Waals surface area contributed by atoms with Crippen LogP contribution in [0.25, 0.3) is 0 Å². The minimum Gasteiger partial charge on any atom is -0.497 e. The Morgan fingerprint density at radius 2 is 2.05 bits per heavy atom. The van der Waals surface area contributed by atoms with Gasteiger partial charge in [-0.2, -0.15) is 0 Å². The van der Waals surface area contributed by atoms with E-state index in [2.05, 4.69) is 5.32 Å². The van der Waals surface area contributed by atoms with Gasteiger partial charge in [0.2, 0.25) is 5.91 Å². The Hall–Kier alpha value is -1.46. The first-order valence-electron chi connectivity index (χ1n) is 5.80. The number of benzene rings is 1. The van der Waals surface area contributed by atoms with Crippen molar-refractivity contribution < 1.29 is 14.3 Å². The van der Waals surface area contributed by atoms with Crippen LogP contribution in [0.3, 0.4) is 0 Å². The highest BCUT2D eigenvalue weighted by atomic mass is 35.5. The number of nitrogens with two attached hydrogens (primary N) is 1. The van der Waals surface area contributed by atoms with Crippen molar-refractivity contribution in [1.82, 2.24) is 5.32 Å². The van der Waals surface area contributed by atoms with Crippen molar-refractivity contribution >= 4 is 18.3 Å². The molecule has 0 spiro atoms. The fourth-order valence-corrected chi connectivity index (χ4v) is 1.58. The monoisotopic (exact) mass is 288 g/mol. The summed E-state index contributed by atoms with van der Waals surface area (Å²) in [5.74, 6) is 1.37. The van der Waals surface area contributed by atoms with Gasteiger partial charge in [-0.1, -0.05) is 0 Å². The highest BCUT2D eigenvalue weighted by Crippen LogP contribution is 2.23. The molecule has 6 heteroatoms. The third-order valence-electron chi connectivity index (χ3n) is 2.47. The Morgan fingerprint density at radius 3 is 2.58 bits per heavy atom. The Labute approximate surface area is 119 Å². The van der Waals surface area contributed by atoms with Gasteiger partial charge in [0.15, 0.2) is 0 Å². The van der Waals surface area contributed by atoms with Gasteiger partial charge in [0, 0.05) is 24.6 Å². The lowest BCUT2D eigenvalue weighted by Gasteiger charge is -2.12. The van der Waals surface area contributed by atoms with Gasteiger partial charge in [-0.3, -0.25) is 4.79 Å². The van der Waals surface area contributed by atoms with Crippen LogP contribution in [0.15, 0.2) is 18.2 Å². The number of hydrogen-bond acceptors (Lipinski definition) is 4. The van der Waals surface area contributed by atoms with Gasteiger partial charge in [0.25, 0.3) is 0 Å². The molecule has 1 unspecified atom stereocenters. The van der Waals surface area contributed by atoms with Crippen LogP contribution in [0.1, 0.15) is 18.9 Å². The van der Waals surface area contributed by atoms with Crippen LogP contribution in [0.5, 0.6) is 11.5 Å². The molecule has 0 aliphatic rings. The Kier molecular flexibility index (Phi) is 7.95. The molecule has 0 bridgehead atoms. The van der Waals surface area contributed by atoms with Crippen LogP contribution >= 0.6 is 12.4 Å². The van der Waals surface area contributed by atoms with Crippen LogP contribution in [-0.2, 0) is 11.3 Å². The van der Waals surface area contributed by atoms with Crippen molar-refractivity contribution in [2.75, 3.05) is 14.2 Å². The predicted octanol–water partition coefficient (Wildman–Crippen LogP) is 1.48. The molecule has 0 heterocycles. The number of carbonyl (C=O) groups is 1. The second-order valence-electron chi connectivity index (χ2n) is 4.14. The maximum absolute atomic E-state index is 11.5. The molecule has 0 fully saturated rings. The zero-order chi connectivity index (χ0) is 13.5. The molecule has 1 atom stereocenters. The molecule has 0 radical (unpaired) electrons. The van der Waals surface area contributed by atoms with Crippen LogP contribution in [0.2, 0.25) is 0 Å². The molecule has 0 aliphatic heterocycles. The zero-order valence-electron chi connectivity index (χ0n) is 11.4. The van der Waals surface area contributed by atoms with Crippen LogP contribution in [0, 0.1) is 0 Å². The topological polar surface area (TPSA) is 73.6 Å². The predicted molar refractivity (Wildman–Crippen MR) is 76.9 cm³/mol. The molecule has 108 valence electrons. The molecular weight excluding hydrogens is 268 g/mol. The molecule has 0 saturated carbocycles. The third kappa shape index (κ3) is 5.81. The van der Waals surface area contributed by atoms with Crippen LogP contribution < -0.4 is 20.5 Å². The summed E-state index contributed by atoms with van der Waals surface area (Å²) in [5.41, 5.74) is 6.43. The number of hydrogen-bond donors (Lipinski definition) is 2. The van der Waals surface area contributed by atoms with Gasteiger partial charge in [0.05, 0.1) is 14.2 Å². The van der Waals surface area contributed by atoms with Crippen molar-refractivity contribution in [1.29, 1.82) is 0 Å². The Morgan fingerprint density at radius 1 is 1.37 bits per heavy atom. The summed E-state index contributed by atoms with van der Waals surface area (Å²) in [6.07, 6.45) is 0.312. The van der Waals surface area contributed by atoms with E-state index in [1.807, 2.05) is 18.2 Å². The van der Waals surface area contributed by atoms with Crippen LogP contribution in [-0.4, -0.2) is 26.2 Å². The fraction of sp³-hybridized carbons (Fsp3) is 0.462. The maximum atomic E-state index is 11.5. The largest absolute Gasteiger partial charge is 0.497 e. The van der Waals surface area contributed by atoms with E-state index in [4.69, 9.17) is 15.2 Å². The maximum Gasteiger partial charge on any atom is 0.221 e. The molecule has 0 saturated heterocycles. The summed E-state index contributed by atoms with van der Waals surface area (Å²) in [7, 11) is 3.19. The van der Waals surface area contributed by atoms with E-state index < -0.39 is 0 Å². The first-order valence-corrected chi connectivity index (χ1v) is 5.80. The third-order valence-corrected chi connectivity index (χ3v) is 2.47. The molecule has 1 aromatic rings. The summed E-state index contributed by atoms with van der Waals surface area (Å²) in [6.45, 7) is 2.19. The number of nitrogens with one attached hydrogen (secondary N) is 1. The highest BCUT2D eigenvalue weighted by molar-refractivity contribution is 5.85. The van der Waals surface area contributed by atoms with Gasteiger partial charge >= 0.3 is 0 Å². The molecule has 0 aliphatic carbocycles. The van der Waals surface area contributed by atoms with Gasteiger partial charge in [0.1, 0.15) is 11.5 Å². The zero-order valence-corrected chi connectivity index (χ0v) is 12.3. The van der Waals surface area contributed by atoms with E-state index in [1.165, 1.54) is 0 Å². The normalized spacial score (nSPS) is 11.2. The van der Waals surface area contributed by atoms with E-state index in [-0.39, 0.29) is 24.4 Å². The van der Waals surface area contributed by atoms with E-state index in [0.29, 0.717) is 13.0 Å². The van der Waals surface area contributed by atoms with Crippen molar-refractivity contribution in [2.45, 2.75) is 25.9 Å². The lowest BCUT2D eigenvalue weighted by molar-refractivity contribution is -0.121. The fourth-order valence-electron chi connectivity index (χ4n) is 1.58. The molecule has 19 heavy (non-hydrogen) atoms. The number of methoxy groups -OCH3 is 2. The van der Waals surface area contributed by atoms with Crippen molar-refractivity contribution in [3.8, 4) is 11.5 Å². The molecular formula is C13H21ClN2O3. The molecule has 1 amide bonds. The molecule has 1 aromatic carbocycles. The van der Waals surface area contributed by atoms with Crippen molar-refractivity contribution in [3.63, 3.8) is 0 Å².